The predicted octanol–water partition coefficient (Wildman–Crippen LogP) is 1.75. The summed E-state index contributed by atoms with van der Waals surface area (Å²) < 4.78 is 5.39. The number of amides is 1. The molecule has 1 aliphatic heterocycles. The number of carbonyl (C=O) groups excluding carboxylic acids is 1. The first kappa shape index (κ1) is 15.6. The van der Waals surface area contributed by atoms with Crippen LogP contribution in [0.25, 0.3) is 0 Å². The predicted molar refractivity (Wildman–Crippen MR) is 77.6 cm³/mol. The van der Waals surface area contributed by atoms with E-state index in [1.54, 1.807) is 0 Å². The van der Waals surface area contributed by atoms with Crippen molar-refractivity contribution in [3.05, 3.63) is 0 Å². The molecule has 0 spiro atoms. The van der Waals surface area contributed by atoms with Crippen molar-refractivity contribution in [2.75, 3.05) is 19.6 Å². The molecule has 1 saturated heterocycles. The summed E-state index contributed by atoms with van der Waals surface area (Å²) in [6.07, 6.45) is 3.55. The third kappa shape index (κ3) is 4.63. The van der Waals surface area contributed by atoms with Gasteiger partial charge < -0.3 is 20.1 Å². The first-order chi connectivity index (χ1) is 9.33. The van der Waals surface area contributed by atoms with Crippen LogP contribution < -0.4 is 5.32 Å². The Labute approximate surface area is 121 Å². The van der Waals surface area contributed by atoms with Gasteiger partial charge in [0.15, 0.2) is 0 Å². The third-order valence-electron chi connectivity index (χ3n) is 4.07. The molecule has 2 N–H and O–H groups in total. The van der Waals surface area contributed by atoms with E-state index in [0.29, 0.717) is 12.0 Å². The first-order valence-corrected chi connectivity index (χ1v) is 7.73. The molecule has 2 rings (SSSR count). The van der Waals surface area contributed by atoms with E-state index in [9.17, 15) is 9.90 Å². The summed E-state index contributed by atoms with van der Waals surface area (Å²) in [5.41, 5.74) is -0.416. The normalized spacial score (nSPS) is 28.1. The van der Waals surface area contributed by atoms with Crippen LogP contribution in [-0.2, 0) is 4.74 Å². The van der Waals surface area contributed by atoms with Crippen LogP contribution in [0.4, 0.5) is 4.79 Å². The Morgan fingerprint density at radius 2 is 1.90 bits per heavy atom. The van der Waals surface area contributed by atoms with Gasteiger partial charge in [-0.05, 0) is 58.9 Å². The third-order valence-corrected chi connectivity index (χ3v) is 4.07. The minimum atomic E-state index is -0.416. The summed E-state index contributed by atoms with van der Waals surface area (Å²) in [6, 6.07) is 0.494. The van der Waals surface area contributed by atoms with Crippen molar-refractivity contribution in [3.63, 3.8) is 0 Å². The lowest BCUT2D eigenvalue weighted by Crippen LogP contribution is -2.48. The van der Waals surface area contributed by atoms with Crippen LogP contribution >= 0.6 is 0 Å². The maximum Gasteiger partial charge on any atom is 0.410 e. The minimum absolute atomic E-state index is 0.0958. The van der Waals surface area contributed by atoms with Crippen molar-refractivity contribution in [1.29, 1.82) is 0 Å². The molecule has 116 valence electrons. The second-order valence-corrected chi connectivity index (χ2v) is 7.14. The van der Waals surface area contributed by atoms with Crippen molar-refractivity contribution >= 4 is 6.09 Å². The topological polar surface area (TPSA) is 61.8 Å². The number of hydrogen-bond donors (Lipinski definition) is 2. The molecular formula is C15H28N2O3. The van der Waals surface area contributed by atoms with E-state index in [1.165, 1.54) is 0 Å². The number of nitrogens with one attached hydrogen (secondary N) is 1. The molecule has 0 bridgehead atoms. The molecule has 5 nitrogen and oxygen atoms in total. The van der Waals surface area contributed by atoms with Crippen molar-refractivity contribution in [2.45, 2.75) is 64.2 Å². The highest BCUT2D eigenvalue weighted by molar-refractivity contribution is 5.68. The summed E-state index contributed by atoms with van der Waals surface area (Å²) in [4.78, 5) is 13.8. The van der Waals surface area contributed by atoms with Gasteiger partial charge in [-0.15, -0.1) is 0 Å². The van der Waals surface area contributed by atoms with E-state index in [4.69, 9.17) is 4.74 Å². The summed E-state index contributed by atoms with van der Waals surface area (Å²) in [6.45, 7) is 8.26. The number of nitrogens with zero attached hydrogens (tertiary/aromatic N) is 1. The number of hydrogen-bond acceptors (Lipinski definition) is 4. The van der Waals surface area contributed by atoms with Crippen molar-refractivity contribution in [3.8, 4) is 0 Å². The molecule has 0 aromatic heterocycles. The Morgan fingerprint density at radius 3 is 2.40 bits per heavy atom. The Bertz CT molecular complexity index is 327. The van der Waals surface area contributed by atoms with Gasteiger partial charge in [0, 0.05) is 19.1 Å². The number of rotatable bonds is 3. The van der Waals surface area contributed by atoms with Crippen LogP contribution in [0, 0.1) is 5.92 Å². The highest BCUT2D eigenvalue weighted by Crippen LogP contribution is 2.22. The second-order valence-electron chi connectivity index (χ2n) is 7.14. The van der Waals surface area contributed by atoms with Crippen LogP contribution in [0.3, 0.4) is 0 Å². The smallest absolute Gasteiger partial charge is 0.410 e. The lowest BCUT2D eigenvalue weighted by molar-refractivity contribution is 0.0174. The zero-order valence-electron chi connectivity index (χ0n) is 12.9. The van der Waals surface area contributed by atoms with Gasteiger partial charge in [0.2, 0.25) is 0 Å². The van der Waals surface area contributed by atoms with Crippen LogP contribution in [0.5, 0.6) is 0 Å². The molecule has 0 atom stereocenters. The molecule has 5 heteroatoms. The molecule has 20 heavy (non-hydrogen) atoms. The fourth-order valence-corrected chi connectivity index (χ4v) is 2.73. The standard InChI is InChI=1S/C15H28N2O3/c1-15(2,3)20-14(19)17-6-4-11(5-7-17)10-16-12-8-13(18)9-12/h11-13,16,18H,4-10H2,1-3H3. The molecule has 2 aliphatic rings. The van der Waals surface area contributed by atoms with Gasteiger partial charge in [0.05, 0.1) is 6.10 Å². The molecule has 0 unspecified atom stereocenters. The summed E-state index contributed by atoms with van der Waals surface area (Å²) >= 11 is 0. The van der Waals surface area contributed by atoms with Gasteiger partial charge in [-0.1, -0.05) is 0 Å². The number of aliphatic hydroxyl groups excluding tert-OH is 1. The van der Waals surface area contributed by atoms with Crippen LogP contribution in [-0.4, -0.2) is 53.5 Å². The maximum atomic E-state index is 11.9. The molecule has 1 amide bonds. The number of aliphatic hydroxyl groups is 1. The van der Waals surface area contributed by atoms with E-state index >= 15 is 0 Å². The summed E-state index contributed by atoms with van der Waals surface area (Å²) in [5.74, 6) is 0.631. The van der Waals surface area contributed by atoms with Gasteiger partial charge in [0.1, 0.15) is 5.60 Å². The molecular weight excluding hydrogens is 256 g/mol. The van der Waals surface area contributed by atoms with Gasteiger partial charge in [0.25, 0.3) is 0 Å². The van der Waals surface area contributed by atoms with Crippen molar-refractivity contribution in [2.24, 2.45) is 5.92 Å². The monoisotopic (exact) mass is 284 g/mol. The molecule has 0 aromatic rings. The SMILES string of the molecule is CC(C)(C)OC(=O)N1CCC(CNC2CC(O)C2)CC1. The Hall–Kier alpha value is -0.810. The maximum absolute atomic E-state index is 11.9. The highest BCUT2D eigenvalue weighted by Gasteiger charge is 2.29. The van der Waals surface area contributed by atoms with E-state index in [0.717, 1.165) is 45.3 Å². The molecule has 1 aliphatic carbocycles. The number of ether oxygens (including phenoxy) is 1. The number of piperidine rings is 1. The Balaban J connectivity index is 1.63. The summed E-state index contributed by atoms with van der Waals surface area (Å²) in [5, 5.41) is 12.8. The van der Waals surface area contributed by atoms with Crippen LogP contribution in [0.1, 0.15) is 46.5 Å². The quantitative estimate of drug-likeness (QED) is 0.829. The minimum Gasteiger partial charge on any atom is -0.444 e. The molecule has 2 fully saturated rings. The molecule has 1 heterocycles. The van der Waals surface area contributed by atoms with Crippen LogP contribution in [0.15, 0.2) is 0 Å². The largest absolute Gasteiger partial charge is 0.444 e. The van der Waals surface area contributed by atoms with Gasteiger partial charge in [-0.2, -0.15) is 0 Å². The van der Waals surface area contributed by atoms with Gasteiger partial charge in [-0.3, -0.25) is 0 Å². The van der Waals surface area contributed by atoms with Gasteiger partial charge >= 0.3 is 6.09 Å². The molecule has 0 radical (unpaired) electrons. The van der Waals surface area contributed by atoms with Crippen LogP contribution in [0.2, 0.25) is 0 Å². The Morgan fingerprint density at radius 1 is 1.30 bits per heavy atom. The fraction of sp³-hybridized carbons (Fsp3) is 0.933. The first-order valence-electron chi connectivity index (χ1n) is 7.73. The van der Waals surface area contributed by atoms with E-state index in [1.807, 2.05) is 25.7 Å². The second kappa shape index (κ2) is 6.31. The fourth-order valence-electron chi connectivity index (χ4n) is 2.73. The Kier molecular flexibility index (Phi) is 4.91. The number of likely N-dealkylation sites (tertiary alicyclic amines) is 1. The number of carbonyl (C=O) groups is 1. The highest BCUT2D eigenvalue weighted by atomic mass is 16.6. The van der Waals surface area contributed by atoms with E-state index < -0.39 is 5.60 Å². The van der Waals surface area contributed by atoms with E-state index in [-0.39, 0.29) is 12.2 Å². The molecule has 0 aromatic carbocycles. The lowest BCUT2D eigenvalue weighted by Gasteiger charge is -2.36. The average Bonchev–Trinajstić information content (AvgIpc) is 2.32. The lowest BCUT2D eigenvalue weighted by atomic mass is 9.88. The van der Waals surface area contributed by atoms with Crippen molar-refractivity contribution in [1.82, 2.24) is 10.2 Å². The summed E-state index contributed by atoms with van der Waals surface area (Å²) in [7, 11) is 0. The van der Waals surface area contributed by atoms with Crippen molar-refractivity contribution < 1.29 is 14.6 Å². The zero-order chi connectivity index (χ0) is 14.8. The zero-order valence-corrected chi connectivity index (χ0v) is 12.9. The van der Waals surface area contributed by atoms with E-state index in [2.05, 4.69) is 5.32 Å². The average molecular weight is 284 g/mol. The van der Waals surface area contributed by atoms with Gasteiger partial charge in [-0.25, -0.2) is 4.79 Å². The molecule has 1 saturated carbocycles.